The van der Waals surface area contributed by atoms with Gasteiger partial charge in [0.2, 0.25) is 0 Å². The number of aldehydes is 1. The molecular formula is C6H4NO. The van der Waals surface area contributed by atoms with Crippen molar-refractivity contribution in [3.8, 4) is 0 Å². The minimum absolute atomic E-state index is 0.424. The lowest BCUT2D eigenvalue weighted by molar-refractivity contribution is 0.111. The second-order valence-corrected chi connectivity index (χ2v) is 1.30. The molecule has 1 rings (SSSR count). The second-order valence-electron chi connectivity index (χ2n) is 1.30. The smallest absolute Gasteiger partial charge is 0.168 e. The maximum Gasteiger partial charge on any atom is 0.168 e. The summed E-state index contributed by atoms with van der Waals surface area (Å²) in [5.74, 6) is 0. The van der Waals surface area contributed by atoms with E-state index in [4.69, 9.17) is 0 Å². The summed E-state index contributed by atoms with van der Waals surface area (Å²) < 4.78 is 0. The van der Waals surface area contributed by atoms with Gasteiger partial charge in [-0.2, -0.15) is 0 Å². The Bertz CT molecular complexity index is 171. The summed E-state index contributed by atoms with van der Waals surface area (Å²) in [5.41, 5.74) is 0.424. The average molecular weight is 106 g/mol. The highest BCUT2D eigenvalue weighted by atomic mass is 16.1. The molecule has 0 aliphatic carbocycles. The summed E-state index contributed by atoms with van der Waals surface area (Å²) in [6.07, 6.45) is 2.22. The van der Waals surface area contributed by atoms with Crippen LogP contribution in [0.2, 0.25) is 0 Å². The van der Waals surface area contributed by atoms with Crippen molar-refractivity contribution in [2.24, 2.45) is 0 Å². The van der Waals surface area contributed by atoms with Crippen molar-refractivity contribution in [3.63, 3.8) is 0 Å². The van der Waals surface area contributed by atoms with E-state index in [0.29, 0.717) is 12.0 Å². The van der Waals surface area contributed by atoms with Crippen molar-refractivity contribution in [2.75, 3.05) is 0 Å². The molecule has 0 aromatic carbocycles. The molecule has 39 valence electrons. The van der Waals surface area contributed by atoms with Crippen molar-refractivity contribution in [3.05, 3.63) is 30.1 Å². The first-order chi connectivity index (χ1) is 3.93. The lowest BCUT2D eigenvalue weighted by Crippen LogP contribution is -1.81. The number of rotatable bonds is 1. The molecule has 0 aliphatic rings. The quantitative estimate of drug-likeness (QED) is 0.493. The van der Waals surface area contributed by atoms with Crippen LogP contribution >= 0.6 is 0 Å². The summed E-state index contributed by atoms with van der Waals surface area (Å²) in [6, 6.07) is 5.90. The van der Waals surface area contributed by atoms with Crippen LogP contribution in [0.15, 0.2) is 18.3 Å². The molecule has 2 nitrogen and oxygen atoms in total. The van der Waals surface area contributed by atoms with Crippen LogP contribution in [0, 0.1) is 6.07 Å². The summed E-state index contributed by atoms with van der Waals surface area (Å²) in [6.45, 7) is 0. The van der Waals surface area contributed by atoms with Gasteiger partial charge in [0.1, 0.15) is 5.69 Å². The van der Waals surface area contributed by atoms with Gasteiger partial charge in [-0.3, -0.25) is 9.78 Å². The third-order valence-corrected chi connectivity index (χ3v) is 0.746. The Hall–Kier alpha value is -1.18. The minimum Gasteiger partial charge on any atom is -0.296 e. The molecule has 0 amide bonds. The zero-order chi connectivity index (χ0) is 5.82. The van der Waals surface area contributed by atoms with Gasteiger partial charge >= 0.3 is 0 Å². The molecule has 1 heterocycles. The van der Waals surface area contributed by atoms with E-state index in [-0.39, 0.29) is 0 Å². The number of nitrogens with zero attached hydrogens (tertiary/aromatic N) is 1. The van der Waals surface area contributed by atoms with Crippen LogP contribution in [0.25, 0.3) is 0 Å². The van der Waals surface area contributed by atoms with Gasteiger partial charge in [0.05, 0.1) is 0 Å². The van der Waals surface area contributed by atoms with Gasteiger partial charge in [-0.15, -0.1) is 0 Å². The van der Waals surface area contributed by atoms with Crippen LogP contribution in [-0.2, 0) is 0 Å². The fourth-order valence-corrected chi connectivity index (χ4v) is 0.402. The lowest BCUT2D eigenvalue weighted by atomic mass is 10.4. The summed E-state index contributed by atoms with van der Waals surface area (Å²) in [5, 5.41) is 0. The van der Waals surface area contributed by atoms with Crippen LogP contribution in [0.1, 0.15) is 10.5 Å². The lowest BCUT2D eigenvalue weighted by Gasteiger charge is -1.80. The first-order valence-corrected chi connectivity index (χ1v) is 2.21. The van der Waals surface area contributed by atoms with Gasteiger partial charge in [-0.25, -0.2) is 0 Å². The predicted molar refractivity (Wildman–Crippen MR) is 28.5 cm³/mol. The van der Waals surface area contributed by atoms with Crippen molar-refractivity contribution in [1.82, 2.24) is 4.98 Å². The topological polar surface area (TPSA) is 30.0 Å². The van der Waals surface area contributed by atoms with E-state index in [1.54, 1.807) is 6.07 Å². The molecule has 1 radical (unpaired) electrons. The first kappa shape index (κ1) is 4.97. The van der Waals surface area contributed by atoms with Crippen molar-refractivity contribution >= 4 is 6.29 Å². The zero-order valence-electron chi connectivity index (χ0n) is 4.16. The van der Waals surface area contributed by atoms with Crippen LogP contribution in [0.5, 0.6) is 0 Å². The van der Waals surface area contributed by atoms with E-state index in [1.807, 2.05) is 0 Å². The van der Waals surface area contributed by atoms with Crippen molar-refractivity contribution in [1.29, 1.82) is 0 Å². The van der Waals surface area contributed by atoms with Crippen LogP contribution < -0.4 is 0 Å². The van der Waals surface area contributed by atoms with E-state index in [0.717, 1.165) is 0 Å². The molecule has 0 saturated heterocycles. The SMILES string of the molecule is O=Cc1c[c]ccn1. The molecule has 0 fully saturated rings. The normalized spacial score (nSPS) is 8.50. The maximum absolute atomic E-state index is 9.92. The maximum atomic E-state index is 9.92. The van der Waals surface area contributed by atoms with Gasteiger partial charge in [0, 0.05) is 6.20 Å². The molecule has 0 bridgehead atoms. The van der Waals surface area contributed by atoms with Gasteiger partial charge < -0.3 is 0 Å². The summed E-state index contributed by atoms with van der Waals surface area (Å²) in [4.78, 5) is 13.6. The number of carbonyl (C=O) groups excluding carboxylic acids is 1. The third kappa shape index (κ3) is 0.904. The molecule has 0 aliphatic heterocycles. The Morgan fingerprint density at radius 1 is 1.75 bits per heavy atom. The third-order valence-electron chi connectivity index (χ3n) is 0.746. The highest BCUT2D eigenvalue weighted by Gasteiger charge is 1.82. The predicted octanol–water partition coefficient (Wildman–Crippen LogP) is 0.694. The molecule has 0 unspecified atom stereocenters. The average Bonchev–Trinajstić information content (AvgIpc) is 1.90. The molecule has 1 aromatic rings. The van der Waals surface area contributed by atoms with Crippen molar-refractivity contribution in [2.45, 2.75) is 0 Å². The van der Waals surface area contributed by atoms with E-state index in [1.165, 1.54) is 12.3 Å². The zero-order valence-corrected chi connectivity index (χ0v) is 4.16. The second kappa shape index (κ2) is 2.21. The Balaban J connectivity index is 2.99. The van der Waals surface area contributed by atoms with E-state index < -0.39 is 0 Å². The minimum atomic E-state index is 0.424. The van der Waals surface area contributed by atoms with E-state index in [9.17, 15) is 4.79 Å². The van der Waals surface area contributed by atoms with Gasteiger partial charge in [0.15, 0.2) is 6.29 Å². The number of hydrogen-bond donors (Lipinski definition) is 0. The molecule has 8 heavy (non-hydrogen) atoms. The molecule has 2 heteroatoms. The fourth-order valence-electron chi connectivity index (χ4n) is 0.402. The molecule has 0 saturated carbocycles. The number of aromatic nitrogens is 1. The fraction of sp³-hybridized carbons (Fsp3) is 0. The van der Waals surface area contributed by atoms with E-state index >= 15 is 0 Å². The molecule has 1 aromatic heterocycles. The summed E-state index contributed by atoms with van der Waals surface area (Å²) >= 11 is 0. The Labute approximate surface area is 47.2 Å². The monoisotopic (exact) mass is 106 g/mol. The Morgan fingerprint density at radius 2 is 2.62 bits per heavy atom. The molecule has 0 spiro atoms. The number of hydrogen-bond acceptors (Lipinski definition) is 2. The van der Waals surface area contributed by atoms with Crippen LogP contribution in [0.4, 0.5) is 0 Å². The van der Waals surface area contributed by atoms with Gasteiger partial charge in [0.25, 0.3) is 0 Å². The van der Waals surface area contributed by atoms with Crippen molar-refractivity contribution < 1.29 is 4.79 Å². The first-order valence-electron chi connectivity index (χ1n) is 2.21. The van der Waals surface area contributed by atoms with Crippen LogP contribution in [-0.4, -0.2) is 11.3 Å². The Morgan fingerprint density at radius 3 is 3.00 bits per heavy atom. The van der Waals surface area contributed by atoms with Gasteiger partial charge in [-0.05, 0) is 18.2 Å². The van der Waals surface area contributed by atoms with Gasteiger partial charge in [-0.1, -0.05) is 0 Å². The molecular weight excluding hydrogens is 102 g/mol. The summed E-state index contributed by atoms with van der Waals surface area (Å²) in [7, 11) is 0. The highest BCUT2D eigenvalue weighted by molar-refractivity contribution is 5.71. The number of carbonyl (C=O) groups is 1. The standard InChI is InChI=1S/C6H4NO/c8-5-6-3-1-2-4-7-6/h2-5H. The Kier molecular flexibility index (Phi) is 1.37. The highest BCUT2D eigenvalue weighted by Crippen LogP contribution is 1.84. The largest absolute Gasteiger partial charge is 0.296 e. The van der Waals surface area contributed by atoms with E-state index in [2.05, 4.69) is 11.1 Å². The molecule has 0 atom stereocenters. The number of pyridine rings is 1. The van der Waals surface area contributed by atoms with Crippen LogP contribution in [0.3, 0.4) is 0 Å². The molecule has 0 N–H and O–H groups in total.